The Morgan fingerprint density at radius 2 is 1.77 bits per heavy atom. The molecule has 1 fully saturated rings. The summed E-state index contributed by atoms with van der Waals surface area (Å²) in [5.74, 6) is 1.03. The third-order valence-electron chi connectivity index (χ3n) is 3.37. The van der Waals surface area contributed by atoms with E-state index in [-0.39, 0.29) is 11.3 Å². The van der Waals surface area contributed by atoms with Crippen LogP contribution >= 0.6 is 0 Å². The highest BCUT2D eigenvalue weighted by atomic mass is 16.2. The highest BCUT2D eigenvalue weighted by Gasteiger charge is 2.46. The van der Waals surface area contributed by atoms with Crippen molar-refractivity contribution in [3.8, 4) is 0 Å². The molecule has 0 aromatic carbocycles. The first-order chi connectivity index (χ1) is 5.91. The molecule has 0 unspecified atom stereocenters. The molecule has 2 heteroatoms. The third kappa shape index (κ3) is 1.38. The Hall–Kier alpha value is -0.790. The Morgan fingerprint density at radius 3 is 1.92 bits per heavy atom. The molecule has 13 heavy (non-hydrogen) atoms. The standard InChI is InChI=1S/C11H19NO/c1-7(2)11(8(3)4)6-10(13)12-9(11)5/h7-8H,5-6H2,1-4H3,(H,12,13). The summed E-state index contributed by atoms with van der Waals surface area (Å²) in [6, 6.07) is 0. The van der Waals surface area contributed by atoms with Gasteiger partial charge in [0.1, 0.15) is 0 Å². The van der Waals surface area contributed by atoms with Gasteiger partial charge < -0.3 is 5.32 Å². The molecule has 0 atom stereocenters. The molecule has 0 spiro atoms. The number of nitrogens with one attached hydrogen (secondary N) is 1. The second kappa shape index (κ2) is 3.17. The van der Waals surface area contributed by atoms with Gasteiger partial charge in [-0.2, -0.15) is 0 Å². The number of allylic oxidation sites excluding steroid dienone is 1. The van der Waals surface area contributed by atoms with Gasteiger partial charge >= 0.3 is 0 Å². The minimum Gasteiger partial charge on any atom is -0.330 e. The maximum absolute atomic E-state index is 11.3. The zero-order valence-corrected chi connectivity index (χ0v) is 8.98. The zero-order valence-electron chi connectivity index (χ0n) is 8.98. The Bertz CT molecular complexity index is 232. The van der Waals surface area contributed by atoms with Crippen LogP contribution in [-0.2, 0) is 4.79 Å². The van der Waals surface area contributed by atoms with Crippen molar-refractivity contribution in [3.63, 3.8) is 0 Å². The van der Waals surface area contributed by atoms with Gasteiger partial charge in [-0.15, -0.1) is 0 Å². The molecule has 1 heterocycles. The smallest absolute Gasteiger partial charge is 0.225 e. The highest BCUT2D eigenvalue weighted by molar-refractivity contribution is 5.82. The molecule has 1 amide bonds. The average molecular weight is 181 g/mol. The lowest BCUT2D eigenvalue weighted by atomic mass is 9.66. The van der Waals surface area contributed by atoms with Crippen LogP contribution in [0.5, 0.6) is 0 Å². The average Bonchev–Trinajstić information content (AvgIpc) is 2.26. The van der Waals surface area contributed by atoms with Crippen molar-refractivity contribution in [3.05, 3.63) is 12.3 Å². The van der Waals surface area contributed by atoms with Gasteiger partial charge in [0, 0.05) is 17.5 Å². The Balaban J connectivity index is 3.05. The van der Waals surface area contributed by atoms with E-state index in [2.05, 4.69) is 39.6 Å². The molecular weight excluding hydrogens is 162 g/mol. The molecule has 0 bridgehead atoms. The molecule has 1 N–H and O–H groups in total. The van der Waals surface area contributed by atoms with Crippen LogP contribution in [-0.4, -0.2) is 5.91 Å². The topological polar surface area (TPSA) is 29.1 Å². The lowest BCUT2D eigenvalue weighted by molar-refractivity contribution is -0.120. The van der Waals surface area contributed by atoms with Crippen molar-refractivity contribution in [2.75, 3.05) is 0 Å². The van der Waals surface area contributed by atoms with Gasteiger partial charge in [-0.1, -0.05) is 34.3 Å². The fourth-order valence-corrected chi connectivity index (χ4v) is 2.47. The molecule has 1 rings (SSSR count). The van der Waals surface area contributed by atoms with E-state index in [1.807, 2.05) is 0 Å². The van der Waals surface area contributed by atoms with Crippen LogP contribution in [0.15, 0.2) is 12.3 Å². The summed E-state index contributed by atoms with van der Waals surface area (Å²) in [5, 5.41) is 2.84. The Kier molecular flexibility index (Phi) is 2.51. The van der Waals surface area contributed by atoms with E-state index in [0.29, 0.717) is 18.3 Å². The maximum Gasteiger partial charge on any atom is 0.225 e. The Morgan fingerprint density at radius 1 is 1.31 bits per heavy atom. The van der Waals surface area contributed by atoms with E-state index in [1.165, 1.54) is 0 Å². The van der Waals surface area contributed by atoms with Crippen molar-refractivity contribution < 1.29 is 4.79 Å². The van der Waals surface area contributed by atoms with Crippen molar-refractivity contribution in [2.45, 2.75) is 34.1 Å². The van der Waals surface area contributed by atoms with E-state index in [4.69, 9.17) is 0 Å². The van der Waals surface area contributed by atoms with Crippen LogP contribution in [0.4, 0.5) is 0 Å². The number of amides is 1. The first-order valence-corrected chi connectivity index (χ1v) is 4.90. The summed E-state index contributed by atoms with van der Waals surface area (Å²) in [7, 11) is 0. The molecule has 0 aromatic heterocycles. The summed E-state index contributed by atoms with van der Waals surface area (Å²) < 4.78 is 0. The van der Waals surface area contributed by atoms with Gasteiger partial charge in [0.05, 0.1) is 0 Å². The fourth-order valence-electron chi connectivity index (χ4n) is 2.47. The van der Waals surface area contributed by atoms with Gasteiger partial charge in [0.2, 0.25) is 5.91 Å². The first-order valence-electron chi connectivity index (χ1n) is 4.90. The van der Waals surface area contributed by atoms with E-state index in [0.717, 1.165) is 5.70 Å². The summed E-state index contributed by atoms with van der Waals surface area (Å²) in [5.41, 5.74) is 0.874. The fraction of sp³-hybridized carbons (Fsp3) is 0.727. The van der Waals surface area contributed by atoms with Gasteiger partial charge in [-0.25, -0.2) is 0 Å². The van der Waals surface area contributed by atoms with Gasteiger partial charge in [-0.05, 0) is 11.8 Å². The quantitative estimate of drug-likeness (QED) is 0.696. The van der Waals surface area contributed by atoms with Gasteiger partial charge in [0.25, 0.3) is 0 Å². The van der Waals surface area contributed by atoms with Crippen molar-refractivity contribution in [1.82, 2.24) is 5.32 Å². The predicted octanol–water partition coefficient (Wildman–Crippen LogP) is 2.32. The van der Waals surface area contributed by atoms with Crippen molar-refractivity contribution in [1.29, 1.82) is 0 Å². The zero-order chi connectivity index (χ0) is 10.2. The van der Waals surface area contributed by atoms with Crippen LogP contribution in [0.3, 0.4) is 0 Å². The number of hydrogen-bond acceptors (Lipinski definition) is 1. The molecule has 1 aliphatic rings. The summed E-state index contributed by atoms with van der Waals surface area (Å²) in [6.45, 7) is 12.6. The third-order valence-corrected chi connectivity index (χ3v) is 3.37. The first kappa shape index (κ1) is 10.3. The maximum atomic E-state index is 11.3. The number of hydrogen-bond donors (Lipinski definition) is 1. The molecule has 0 radical (unpaired) electrons. The molecule has 0 aromatic rings. The highest BCUT2D eigenvalue weighted by Crippen LogP contribution is 2.47. The van der Waals surface area contributed by atoms with Gasteiger partial charge in [-0.3, -0.25) is 4.79 Å². The molecule has 0 aliphatic carbocycles. The monoisotopic (exact) mass is 181 g/mol. The molecular formula is C11H19NO. The van der Waals surface area contributed by atoms with Gasteiger partial charge in [0.15, 0.2) is 0 Å². The SMILES string of the molecule is C=C1NC(=O)CC1(C(C)C)C(C)C. The minimum atomic E-state index is -0.0307. The molecule has 1 aliphatic heterocycles. The van der Waals surface area contributed by atoms with Crippen LogP contribution in [0.25, 0.3) is 0 Å². The lowest BCUT2D eigenvalue weighted by Gasteiger charge is -2.37. The predicted molar refractivity (Wildman–Crippen MR) is 54.0 cm³/mol. The number of carbonyl (C=O) groups excluding carboxylic acids is 1. The largest absolute Gasteiger partial charge is 0.330 e. The van der Waals surface area contributed by atoms with E-state index in [9.17, 15) is 4.79 Å². The van der Waals surface area contributed by atoms with Crippen LogP contribution < -0.4 is 5.32 Å². The van der Waals surface area contributed by atoms with Crippen LogP contribution in [0, 0.1) is 17.3 Å². The van der Waals surface area contributed by atoms with Crippen molar-refractivity contribution >= 4 is 5.91 Å². The number of rotatable bonds is 2. The molecule has 1 saturated heterocycles. The second-order valence-electron chi connectivity index (χ2n) is 4.55. The van der Waals surface area contributed by atoms with Crippen LogP contribution in [0.1, 0.15) is 34.1 Å². The van der Waals surface area contributed by atoms with E-state index >= 15 is 0 Å². The molecule has 2 nitrogen and oxygen atoms in total. The normalized spacial score (nSPS) is 21.4. The van der Waals surface area contributed by atoms with Crippen molar-refractivity contribution in [2.24, 2.45) is 17.3 Å². The minimum absolute atomic E-state index is 0.0307. The molecule has 74 valence electrons. The summed E-state index contributed by atoms with van der Waals surface area (Å²) in [6.07, 6.45) is 0.598. The van der Waals surface area contributed by atoms with Crippen LogP contribution in [0.2, 0.25) is 0 Å². The number of carbonyl (C=O) groups is 1. The van der Waals surface area contributed by atoms with E-state index < -0.39 is 0 Å². The lowest BCUT2D eigenvalue weighted by Crippen LogP contribution is -2.33. The second-order valence-corrected chi connectivity index (χ2v) is 4.55. The summed E-state index contributed by atoms with van der Waals surface area (Å²) >= 11 is 0. The summed E-state index contributed by atoms with van der Waals surface area (Å²) in [4.78, 5) is 11.3. The van der Waals surface area contributed by atoms with E-state index in [1.54, 1.807) is 0 Å². The Labute approximate surface area is 80.4 Å². The molecule has 0 saturated carbocycles.